The fourth-order valence-corrected chi connectivity index (χ4v) is 2.42. The zero-order valence-electron chi connectivity index (χ0n) is 13.7. The van der Waals surface area contributed by atoms with Crippen molar-refractivity contribution in [1.82, 2.24) is 30.0 Å². The van der Waals surface area contributed by atoms with Gasteiger partial charge in [0.05, 0.1) is 18.4 Å². The first-order valence-electron chi connectivity index (χ1n) is 7.49. The number of carbonyl (C=O) groups is 1. The highest BCUT2D eigenvalue weighted by Gasteiger charge is 2.18. The Morgan fingerprint density at radius 1 is 1.36 bits per heavy atom. The number of nitrogen functional groups attached to an aromatic ring is 1. The third-order valence-electron chi connectivity index (χ3n) is 3.54. The summed E-state index contributed by atoms with van der Waals surface area (Å²) in [7, 11) is 0. The Bertz CT molecular complexity index is 938. The second-order valence-electron chi connectivity index (χ2n) is 5.48. The number of nitrogens with two attached hydrogens (primary N) is 1. The molecule has 25 heavy (non-hydrogen) atoms. The van der Waals surface area contributed by atoms with E-state index in [2.05, 4.69) is 25.4 Å². The first-order chi connectivity index (χ1) is 12.0. The van der Waals surface area contributed by atoms with E-state index in [0.717, 1.165) is 16.8 Å². The lowest BCUT2D eigenvalue weighted by atomic mass is 10.2. The number of aryl methyl sites for hydroxylation is 2. The molecule has 3 heterocycles. The zero-order chi connectivity index (χ0) is 18.0. The molecule has 3 aromatic heterocycles. The predicted molar refractivity (Wildman–Crippen MR) is 93.5 cm³/mol. The molecule has 9 heteroatoms. The summed E-state index contributed by atoms with van der Waals surface area (Å²) in [5, 5.41) is 6.87. The van der Waals surface area contributed by atoms with Gasteiger partial charge in [-0.15, -0.1) is 0 Å². The Morgan fingerprint density at radius 3 is 2.84 bits per heavy atom. The molecule has 0 bridgehead atoms. The quantitative estimate of drug-likeness (QED) is 0.736. The van der Waals surface area contributed by atoms with E-state index < -0.39 is 5.91 Å². The van der Waals surface area contributed by atoms with E-state index in [-0.39, 0.29) is 29.0 Å². The molecule has 0 saturated heterocycles. The Hall–Kier alpha value is -3.00. The monoisotopic (exact) mass is 357 g/mol. The van der Waals surface area contributed by atoms with Gasteiger partial charge in [-0.25, -0.2) is 14.6 Å². The highest BCUT2D eigenvalue weighted by molar-refractivity contribution is 6.31. The molecule has 1 amide bonds. The maximum absolute atomic E-state index is 12.4. The molecule has 0 saturated carbocycles. The molecular weight excluding hydrogens is 342 g/mol. The van der Waals surface area contributed by atoms with Gasteiger partial charge in [-0.05, 0) is 31.0 Å². The number of hydrogen-bond donors (Lipinski definition) is 2. The van der Waals surface area contributed by atoms with Crippen LogP contribution in [0.25, 0.3) is 5.82 Å². The van der Waals surface area contributed by atoms with E-state index in [9.17, 15) is 4.79 Å². The molecule has 0 aliphatic heterocycles. The zero-order valence-corrected chi connectivity index (χ0v) is 14.4. The number of carbonyl (C=O) groups excluding carboxylic acids is 1. The van der Waals surface area contributed by atoms with Crippen molar-refractivity contribution in [2.45, 2.75) is 20.4 Å². The summed E-state index contributed by atoms with van der Waals surface area (Å²) in [4.78, 5) is 24.8. The number of halogens is 1. The lowest BCUT2D eigenvalue weighted by molar-refractivity contribution is 0.0946. The highest BCUT2D eigenvalue weighted by Crippen LogP contribution is 2.19. The number of hydrogen-bond acceptors (Lipinski definition) is 6. The van der Waals surface area contributed by atoms with Crippen molar-refractivity contribution >= 4 is 23.3 Å². The van der Waals surface area contributed by atoms with Crippen LogP contribution in [0.4, 0.5) is 5.82 Å². The largest absolute Gasteiger partial charge is 0.382 e. The summed E-state index contributed by atoms with van der Waals surface area (Å²) in [6.07, 6.45) is 5.06. The van der Waals surface area contributed by atoms with Gasteiger partial charge in [-0.2, -0.15) is 5.10 Å². The second-order valence-corrected chi connectivity index (χ2v) is 5.84. The number of nitrogens with one attached hydrogen (secondary N) is 1. The van der Waals surface area contributed by atoms with Gasteiger partial charge in [0.15, 0.2) is 22.5 Å². The molecule has 3 aromatic rings. The van der Waals surface area contributed by atoms with Gasteiger partial charge in [0, 0.05) is 12.4 Å². The van der Waals surface area contributed by atoms with Gasteiger partial charge in [-0.3, -0.25) is 9.78 Å². The van der Waals surface area contributed by atoms with E-state index in [4.69, 9.17) is 17.3 Å². The SMILES string of the molecule is Cc1cnn(-c2nc(N)c(C(=O)NCc3ncccc3C)nc2Cl)c1. The first kappa shape index (κ1) is 16.8. The van der Waals surface area contributed by atoms with Crippen molar-refractivity contribution in [3.8, 4) is 5.82 Å². The van der Waals surface area contributed by atoms with Gasteiger partial charge in [0.25, 0.3) is 5.91 Å². The Balaban J connectivity index is 1.81. The van der Waals surface area contributed by atoms with Crippen LogP contribution in [0.5, 0.6) is 0 Å². The topological polar surface area (TPSA) is 112 Å². The predicted octanol–water partition coefficient (Wildman–Crippen LogP) is 1.84. The van der Waals surface area contributed by atoms with E-state index in [1.807, 2.05) is 26.0 Å². The maximum Gasteiger partial charge on any atom is 0.274 e. The number of rotatable bonds is 4. The van der Waals surface area contributed by atoms with E-state index >= 15 is 0 Å². The summed E-state index contributed by atoms with van der Waals surface area (Å²) in [5.74, 6) is -0.229. The minimum atomic E-state index is -0.472. The third-order valence-corrected chi connectivity index (χ3v) is 3.80. The van der Waals surface area contributed by atoms with E-state index in [1.165, 1.54) is 4.68 Å². The van der Waals surface area contributed by atoms with Crippen LogP contribution in [0.3, 0.4) is 0 Å². The first-order valence-corrected chi connectivity index (χ1v) is 7.87. The molecule has 0 atom stereocenters. The van der Waals surface area contributed by atoms with Gasteiger partial charge in [0.1, 0.15) is 0 Å². The molecule has 0 fully saturated rings. The van der Waals surface area contributed by atoms with Crippen LogP contribution < -0.4 is 11.1 Å². The van der Waals surface area contributed by atoms with Gasteiger partial charge in [-0.1, -0.05) is 17.7 Å². The van der Waals surface area contributed by atoms with Crippen LogP contribution in [0.15, 0.2) is 30.7 Å². The van der Waals surface area contributed by atoms with Gasteiger partial charge < -0.3 is 11.1 Å². The number of pyridine rings is 1. The van der Waals surface area contributed by atoms with Crippen molar-refractivity contribution in [2.24, 2.45) is 0 Å². The summed E-state index contributed by atoms with van der Waals surface area (Å²) in [6, 6.07) is 3.75. The standard InChI is InChI=1S/C16H16ClN7O/c1-9-6-21-24(8-9)15-13(17)22-12(14(18)23-15)16(25)20-7-11-10(2)4-3-5-19-11/h3-6,8H,7H2,1-2H3,(H2,18,23)(H,20,25). The maximum atomic E-state index is 12.4. The highest BCUT2D eigenvalue weighted by atomic mass is 35.5. The minimum absolute atomic E-state index is 0.0252. The molecule has 0 spiro atoms. The molecule has 0 radical (unpaired) electrons. The fraction of sp³-hybridized carbons (Fsp3) is 0.188. The molecule has 0 aliphatic carbocycles. The molecule has 0 unspecified atom stereocenters. The lowest BCUT2D eigenvalue weighted by Crippen LogP contribution is -2.26. The molecule has 8 nitrogen and oxygen atoms in total. The Labute approximate surface area is 149 Å². The van der Waals surface area contributed by atoms with Crippen molar-refractivity contribution < 1.29 is 4.79 Å². The van der Waals surface area contributed by atoms with Gasteiger partial charge in [0.2, 0.25) is 0 Å². The fourth-order valence-electron chi connectivity index (χ4n) is 2.21. The molecule has 0 aliphatic rings. The Morgan fingerprint density at radius 2 is 2.16 bits per heavy atom. The average molecular weight is 358 g/mol. The molecule has 3 rings (SSSR count). The number of anilines is 1. The normalized spacial score (nSPS) is 10.7. The van der Waals surface area contributed by atoms with Crippen LogP contribution in [-0.2, 0) is 6.54 Å². The number of amides is 1. The second kappa shape index (κ2) is 6.86. The van der Waals surface area contributed by atoms with Crippen molar-refractivity contribution in [2.75, 3.05) is 5.73 Å². The van der Waals surface area contributed by atoms with Crippen LogP contribution >= 0.6 is 11.6 Å². The summed E-state index contributed by atoms with van der Waals surface area (Å²) in [6.45, 7) is 4.06. The molecular formula is C16H16ClN7O. The summed E-state index contributed by atoms with van der Waals surface area (Å²) in [5.41, 5.74) is 8.52. The van der Waals surface area contributed by atoms with E-state index in [0.29, 0.717) is 0 Å². The number of nitrogens with zero attached hydrogens (tertiary/aromatic N) is 5. The van der Waals surface area contributed by atoms with Crippen molar-refractivity contribution in [3.63, 3.8) is 0 Å². The molecule has 3 N–H and O–H groups in total. The lowest BCUT2D eigenvalue weighted by Gasteiger charge is -2.10. The summed E-state index contributed by atoms with van der Waals surface area (Å²) >= 11 is 6.15. The van der Waals surface area contributed by atoms with Crippen LogP contribution in [0, 0.1) is 13.8 Å². The molecule has 0 aromatic carbocycles. The third kappa shape index (κ3) is 3.58. The average Bonchev–Trinajstić information content (AvgIpc) is 3.01. The summed E-state index contributed by atoms with van der Waals surface area (Å²) < 4.78 is 1.46. The van der Waals surface area contributed by atoms with Crippen molar-refractivity contribution in [1.29, 1.82) is 0 Å². The van der Waals surface area contributed by atoms with Crippen molar-refractivity contribution in [3.05, 3.63) is 58.4 Å². The van der Waals surface area contributed by atoms with Crippen LogP contribution in [-0.4, -0.2) is 30.6 Å². The van der Waals surface area contributed by atoms with Crippen LogP contribution in [0.2, 0.25) is 5.15 Å². The Kier molecular flexibility index (Phi) is 4.62. The minimum Gasteiger partial charge on any atom is -0.382 e. The van der Waals surface area contributed by atoms with Gasteiger partial charge >= 0.3 is 0 Å². The smallest absolute Gasteiger partial charge is 0.274 e. The molecule has 128 valence electrons. The van der Waals surface area contributed by atoms with Crippen LogP contribution in [0.1, 0.15) is 27.3 Å². The number of aromatic nitrogens is 5. The van der Waals surface area contributed by atoms with E-state index in [1.54, 1.807) is 18.6 Å².